The summed E-state index contributed by atoms with van der Waals surface area (Å²) in [7, 11) is -3.65. The molecule has 0 radical (unpaired) electrons. The molecule has 0 unspecified atom stereocenters. The van der Waals surface area contributed by atoms with E-state index in [0.717, 1.165) is 11.1 Å². The first-order valence-corrected chi connectivity index (χ1v) is 9.80. The number of rotatable bonds is 6. The summed E-state index contributed by atoms with van der Waals surface area (Å²) in [4.78, 5) is 11.9. The van der Waals surface area contributed by atoms with Crippen molar-refractivity contribution in [1.82, 2.24) is 10.2 Å². The van der Waals surface area contributed by atoms with E-state index in [1.807, 2.05) is 6.92 Å². The molecule has 0 saturated carbocycles. The van der Waals surface area contributed by atoms with E-state index in [0.29, 0.717) is 11.4 Å². The Morgan fingerprint density at radius 2 is 1.78 bits per heavy atom. The van der Waals surface area contributed by atoms with Gasteiger partial charge in [0.15, 0.2) is 0 Å². The van der Waals surface area contributed by atoms with Crippen LogP contribution in [0.1, 0.15) is 23.0 Å². The van der Waals surface area contributed by atoms with Crippen LogP contribution in [0.2, 0.25) is 0 Å². The standard InChI is InChI=1S/C19H19N3O4S/c1-3-26-19(23)18-12-17(20-21-18)14-6-8-15(9-7-14)22-27(24,25)16-10-4-13(2)5-11-16/h4-12,22H,3H2,1-2H3,(H,20,21). The first-order valence-electron chi connectivity index (χ1n) is 8.31. The van der Waals surface area contributed by atoms with E-state index in [4.69, 9.17) is 4.74 Å². The molecule has 0 saturated heterocycles. The van der Waals surface area contributed by atoms with E-state index < -0.39 is 16.0 Å². The van der Waals surface area contributed by atoms with Crippen LogP contribution < -0.4 is 4.72 Å². The maximum absolute atomic E-state index is 12.4. The minimum Gasteiger partial charge on any atom is -0.461 e. The van der Waals surface area contributed by atoms with Gasteiger partial charge in [0.1, 0.15) is 5.69 Å². The molecule has 27 heavy (non-hydrogen) atoms. The summed E-state index contributed by atoms with van der Waals surface area (Å²) in [6.07, 6.45) is 0. The highest BCUT2D eigenvalue weighted by Gasteiger charge is 2.15. The number of ether oxygens (including phenoxy) is 1. The maximum Gasteiger partial charge on any atom is 0.356 e. The predicted octanol–water partition coefficient (Wildman–Crippen LogP) is 3.36. The van der Waals surface area contributed by atoms with Crippen LogP contribution in [-0.2, 0) is 14.8 Å². The number of carbonyl (C=O) groups excluding carboxylic acids is 1. The number of aromatic nitrogens is 2. The first-order chi connectivity index (χ1) is 12.9. The fourth-order valence-electron chi connectivity index (χ4n) is 2.42. The third-order valence-electron chi connectivity index (χ3n) is 3.84. The van der Waals surface area contributed by atoms with Gasteiger partial charge in [-0.05, 0) is 44.2 Å². The number of benzene rings is 2. The Kier molecular flexibility index (Phi) is 5.27. The van der Waals surface area contributed by atoms with Gasteiger partial charge in [-0.25, -0.2) is 13.2 Å². The van der Waals surface area contributed by atoms with Crippen molar-refractivity contribution in [2.45, 2.75) is 18.7 Å². The molecule has 3 aromatic rings. The van der Waals surface area contributed by atoms with Crippen molar-refractivity contribution in [1.29, 1.82) is 0 Å². The van der Waals surface area contributed by atoms with Gasteiger partial charge >= 0.3 is 5.97 Å². The molecule has 2 N–H and O–H groups in total. The van der Waals surface area contributed by atoms with Gasteiger partial charge in [0.2, 0.25) is 0 Å². The second kappa shape index (κ2) is 7.63. The fourth-order valence-corrected chi connectivity index (χ4v) is 3.48. The summed E-state index contributed by atoms with van der Waals surface area (Å²) in [6.45, 7) is 3.90. The van der Waals surface area contributed by atoms with Crippen LogP contribution in [0.3, 0.4) is 0 Å². The van der Waals surface area contributed by atoms with E-state index in [9.17, 15) is 13.2 Å². The minimum atomic E-state index is -3.65. The average Bonchev–Trinajstić information content (AvgIpc) is 3.13. The fraction of sp³-hybridized carbons (Fsp3) is 0.158. The Labute approximate surface area is 157 Å². The zero-order chi connectivity index (χ0) is 19.4. The number of esters is 1. The largest absolute Gasteiger partial charge is 0.461 e. The second-order valence-corrected chi connectivity index (χ2v) is 7.57. The first kappa shape index (κ1) is 18.7. The number of aryl methyl sites for hydroxylation is 1. The van der Waals surface area contributed by atoms with Gasteiger partial charge in [0, 0.05) is 11.3 Å². The van der Waals surface area contributed by atoms with Crippen LogP contribution in [0, 0.1) is 6.92 Å². The summed E-state index contributed by atoms with van der Waals surface area (Å²) in [6, 6.07) is 14.9. The summed E-state index contributed by atoms with van der Waals surface area (Å²) in [5.74, 6) is -0.473. The number of nitrogens with zero attached hydrogens (tertiary/aromatic N) is 1. The summed E-state index contributed by atoms with van der Waals surface area (Å²) < 4.78 is 32.3. The number of H-pyrrole nitrogens is 1. The molecule has 0 fully saturated rings. The van der Waals surface area contributed by atoms with Crippen LogP contribution in [0.15, 0.2) is 59.5 Å². The number of sulfonamides is 1. The molecule has 3 rings (SSSR count). The zero-order valence-corrected chi connectivity index (χ0v) is 15.7. The van der Waals surface area contributed by atoms with Crippen LogP contribution >= 0.6 is 0 Å². The average molecular weight is 385 g/mol. The number of hydrogen-bond acceptors (Lipinski definition) is 5. The molecule has 0 spiro atoms. The Morgan fingerprint density at radius 1 is 1.11 bits per heavy atom. The molecule has 1 aromatic heterocycles. The highest BCUT2D eigenvalue weighted by Crippen LogP contribution is 2.22. The van der Waals surface area contributed by atoms with Crippen LogP contribution in [0.5, 0.6) is 0 Å². The summed E-state index contributed by atoms with van der Waals surface area (Å²) >= 11 is 0. The van der Waals surface area contributed by atoms with Crippen molar-refractivity contribution in [3.63, 3.8) is 0 Å². The highest BCUT2D eigenvalue weighted by atomic mass is 32.2. The van der Waals surface area contributed by atoms with Crippen LogP contribution in [0.4, 0.5) is 5.69 Å². The lowest BCUT2D eigenvalue weighted by atomic mass is 10.1. The molecular weight excluding hydrogens is 366 g/mol. The van der Waals surface area contributed by atoms with Crippen LogP contribution in [0.25, 0.3) is 11.3 Å². The number of hydrogen-bond donors (Lipinski definition) is 2. The molecule has 1 heterocycles. The van der Waals surface area contributed by atoms with Crippen molar-refractivity contribution in [2.75, 3.05) is 11.3 Å². The quantitative estimate of drug-likeness (QED) is 0.634. The summed E-state index contributed by atoms with van der Waals surface area (Å²) in [5, 5.41) is 6.72. The normalized spacial score (nSPS) is 11.2. The molecule has 0 aliphatic heterocycles. The highest BCUT2D eigenvalue weighted by molar-refractivity contribution is 7.92. The van der Waals surface area contributed by atoms with Crippen LogP contribution in [-0.4, -0.2) is 31.2 Å². The molecule has 2 aromatic carbocycles. The van der Waals surface area contributed by atoms with Crippen molar-refractivity contribution >= 4 is 21.7 Å². The van der Waals surface area contributed by atoms with Crippen molar-refractivity contribution in [2.24, 2.45) is 0 Å². The van der Waals surface area contributed by atoms with E-state index in [1.54, 1.807) is 61.5 Å². The predicted molar refractivity (Wildman–Crippen MR) is 102 cm³/mol. The van der Waals surface area contributed by atoms with Crippen molar-refractivity contribution in [3.8, 4) is 11.3 Å². The molecule has 0 amide bonds. The Morgan fingerprint density at radius 3 is 2.41 bits per heavy atom. The monoisotopic (exact) mass is 385 g/mol. The van der Waals surface area contributed by atoms with Crippen molar-refractivity contribution in [3.05, 3.63) is 65.9 Å². The Hall–Kier alpha value is -3.13. The number of nitrogens with one attached hydrogen (secondary N) is 2. The molecule has 0 atom stereocenters. The maximum atomic E-state index is 12.4. The molecule has 0 aliphatic carbocycles. The van der Waals surface area contributed by atoms with Gasteiger partial charge in [-0.1, -0.05) is 29.8 Å². The van der Waals surface area contributed by atoms with E-state index in [-0.39, 0.29) is 17.2 Å². The molecule has 8 heteroatoms. The van der Waals surface area contributed by atoms with Gasteiger partial charge in [0.05, 0.1) is 17.2 Å². The molecule has 0 aliphatic rings. The molecule has 0 bridgehead atoms. The third-order valence-corrected chi connectivity index (χ3v) is 5.23. The summed E-state index contributed by atoms with van der Waals surface area (Å²) in [5.41, 5.74) is 2.97. The third kappa shape index (κ3) is 4.35. The topological polar surface area (TPSA) is 101 Å². The minimum absolute atomic E-state index is 0.198. The smallest absolute Gasteiger partial charge is 0.356 e. The molecule has 140 valence electrons. The van der Waals surface area contributed by atoms with Gasteiger partial charge in [-0.3, -0.25) is 9.82 Å². The number of carbonyl (C=O) groups is 1. The van der Waals surface area contributed by atoms with E-state index >= 15 is 0 Å². The number of anilines is 1. The van der Waals surface area contributed by atoms with Gasteiger partial charge in [0.25, 0.3) is 10.0 Å². The lowest BCUT2D eigenvalue weighted by molar-refractivity contribution is 0.0519. The number of aromatic amines is 1. The zero-order valence-electron chi connectivity index (χ0n) is 14.9. The van der Waals surface area contributed by atoms with E-state index in [1.165, 1.54) is 0 Å². The molecular formula is C19H19N3O4S. The lowest BCUT2D eigenvalue weighted by Gasteiger charge is -2.08. The van der Waals surface area contributed by atoms with Gasteiger partial charge < -0.3 is 4.74 Å². The second-order valence-electron chi connectivity index (χ2n) is 5.88. The SMILES string of the molecule is CCOC(=O)c1cc(-c2ccc(NS(=O)(=O)c3ccc(C)cc3)cc2)n[nH]1. The molecule has 7 nitrogen and oxygen atoms in total. The Bertz CT molecular complexity index is 1040. The van der Waals surface area contributed by atoms with Gasteiger partial charge in [-0.15, -0.1) is 0 Å². The Balaban J connectivity index is 1.75. The van der Waals surface area contributed by atoms with E-state index in [2.05, 4.69) is 14.9 Å². The lowest BCUT2D eigenvalue weighted by Crippen LogP contribution is -2.12. The van der Waals surface area contributed by atoms with Gasteiger partial charge in [-0.2, -0.15) is 5.10 Å². The van der Waals surface area contributed by atoms with Crippen molar-refractivity contribution < 1.29 is 17.9 Å².